The maximum absolute atomic E-state index is 12.3. The maximum Gasteiger partial charge on any atom is 0.352 e. The third-order valence-corrected chi connectivity index (χ3v) is 4.53. The average Bonchev–Trinajstić information content (AvgIpc) is 2.82. The van der Waals surface area contributed by atoms with Crippen molar-refractivity contribution in [1.29, 1.82) is 0 Å². The van der Waals surface area contributed by atoms with Crippen LogP contribution in [0.1, 0.15) is 29.0 Å². The molecule has 0 aliphatic heterocycles. The average molecular weight is 309 g/mol. The summed E-state index contributed by atoms with van der Waals surface area (Å²) >= 11 is 0. The molecule has 0 aliphatic carbocycles. The third kappa shape index (κ3) is 3.29. The minimum Gasteiger partial charge on any atom is -0.477 e. The Bertz CT molecular complexity index is 753. The number of carbonyl (C=O) groups is 1. The van der Waals surface area contributed by atoms with E-state index in [1.165, 1.54) is 17.8 Å². The Morgan fingerprint density at radius 1 is 1.48 bits per heavy atom. The molecule has 0 aromatic carbocycles. The molecule has 2 aromatic rings. The summed E-state index contributed by atoms with van der Waals surface area (Å²) in [5.74, 6) is -1.18. The Kier molecular flexibility index (Phi) is 4.10. The Morgan fingerprint density at radius 2 is 2.19 bits per heavy atom. The van der Waals surface area contributed by atoms with Gasteiger partial charge in [-0.15, -0.1) is 0 Å². The molecule has 1 atom stereocenters. The second-order valence-corrected chi connectivity index (χ2v) is 6.32. The molecule has 2 heterocycles. The highest BCUT2D eigenvalue weighted by atomic mass is 32.2. The van der Waals surface area contributed by atoms with Gasteiger partial charge in [-0.05, 0) is 24.6 Å². The molecule has 2 N–H and O–H groups in total. The Labute approximate surface area is 122 Å². The van der Waals surface area contributed by atoms with E-state index in [1.807, 2.05) is 0 Å². The van der Waals surface area contributed by atoms with Gasteiger partial charge in [0.25, 0.3) is 0 Å². The molecule has 2 aromatic heterocycles. The number of nitrogens with zero attached hydrogens (tertiary/aromatic N) is 2. The topological polar surface area (TPSA) is 101 Å². The highest BCUT2D eigenvalue weighted by Gasteiger charge is 2.22. The van der Waals surface area contributed by atoms with Crippen LogP contribution in [-0.4, -0.2) is 29.0 Å². The van der Waals surface area contributed by atoms with Crippen molar-refractivity contribution in [2.45, 2.75) is 17.9 Å². The number of carboxylic acids is 1. The van der Waals surface area contributed by atoms with Gasteiger partial charge in [0, 0.05) is 31.7 Å². The quantitative estimate of drug-likeness (QED) is 0.863. The number of carboxylic acid groups (broad SMARTS) is 1. The standard InChI is InChI=1S/C13H15N3O4S/c1-9(10-4-3-5-14-7-10)15-21(19,20)11-6-12(13(17)18)16(2)8-11/h3-9,15H,1-2H3,(H,17,18)/t9-/m1/s1. The number of sulfonamides is 1. The van der Waals surface area contributed by atoms with E-state index >= 15 is 0 Å². The number of rotatable bonds is 5. The third-order valence-electron chi connectivity index (χ3n) is 3.03. The van der Waals surface area contributed by atoms with Gasteiger partial charge in [0.2, 0.25) is 10.0 Å². The second-order valence-electron chi connectivity index (χ2n) is 4.61. The highest BCUT2D eigenvalue weighted by molar-refractivity contribution is 7.89. The predicted molar refractivity (Wildman–Crippen MR) is 75.3 cm³/mol. The van der Waals surface area contributed by atoms with Crippen molar-refractivity contribution in [3.8, 4) is 0 Å². The van der Waals surface area contributed by atoms with Crippen LogP contribution in [0, 0.1) is 0 Å². The largest absolute Gasteiger partial charge is 0.477 e. The molecule has 0 saturated carbocycles. The van der Waals surface area contributed by atoms with Gasteiger partial charge in [-0.2, -0.15) is 0 Å². The van der Waals surface area contributed by atoms with E-state index in [0.29, 0.717) is 0 Å². The zero-order valence-electron chi connectivity index (χ0n) is 11.5. The van der Waals surface area contributed by atoms with E-state index in [-0.39, 0.29) is 10.6 Å². The van der Waals surface area contributed by atoms with Gasteiger partial charge in [-0.25, -0.2) is 17.9 Å². The molecule has 0 bridgehead atoms. The summed E-state index contributed by atoms with van der Waals surface area (Å²) in [6.45, 7) is 1.69. The number of pyridine rings is 1. The van der Waals surface area contributed by atoms with Crippen LogP contribution >= 0.6 is 0 Å². The van der Waals surface area contributed by atoms with E-state index < -0.39 is 22.0 Å². The van der Waals surface area contributed by atoms with Crippen LogP contribution in [0.5, 0.6) is 0 Å². The first-order chi connectivity index (χ1) is 9.81. The van der Waals surface area contributed by atoms with Crippen molar-refractivity contribution >= 4 is 16.0 Å². The van der Waals surface area contributed by atoms with E-state index in [9.17, 15) is 13.2 Å². The molecule has 0 aliphatic rings. The predicted octanol–water partition coefficient (Wildman–Crippen LogP) is 1.16. The molecule has 7 nitrogen and oxygen atoms in total. The molecular weight excluding hydrogens is 294 g/mol. The van der Waals surface area contributed by atoms with Gasteiger partial charge in [-0.1, -0.05) is 6.07 Å². The molecule has 21 heavy (non-hydrogen) atoms. The van der Waals surface area contributed by atoms with Gasteiger partial charge in [0.15, 0.2) is 0 Å². The fourth-order valence-corrected chi connectivity index (χ4v) is 3.20. The number of aryl methyl sites for hydroxylation is 1. The van der Waals surface area contributed by atoms with Crippen molar-refractivity contribution in [3.63, 3.8) is 0 Å². The van der Waals surface area contributed by atoms with E-state index in [0.717, 1.165) is 11.6 Å². The second kappa shape index (κ2) is 5.66. The summed E-state index contributed by atoms with van der Waals surface area (Å²) in [6, 6.07) is 4.12. The lowest BCUT2D eigenvalue weighted by atomic mass is 10.2. The van der Waals surface area contributed by atoms with Gasteiger partial charge in [0.1, 0.15) is 10.6 Å². The first-order valence-electron chi connectivity index (χ1n) is 6.13. The molecule has 112 valence electrons. The van der Waals surface area contributed by atoms with Crippen molar-refractivity contribution in [2.24, 2.45) is 7.05 Å². The Balaban J connectivity index is 2.27. The normalized spacial score (nSPS) is 13.0. The van der Waals surface area contributed by atoms with Gasteiger partial charge >= 0.3 is 5.97 Å². The number of aromatic carboxylic acids is 1. The first kappa shape index (κ1) is 15.2. The molecule has 0 spiro atoms. The van der Waals surface area contributed by atoms with Crippen LogP contribution in [-0.2, 0) is 17.1 Å². The minimum atomic E-state index is -3.80. The van der Waals surface area contributed by atoms with E-state index in [4.69, 9.17) is 5.11 Å². The van der Waals surface area contributed by atoms with Crippen molar-refractivity contribution in [2.75, 3.05) is 0 Å². The molecule has 0 saturated heterocycles. The van der Waals surface area contributed by atoms with Gasteiger partial charge in [0.05, 0.1) is 0 Å². The number of nitrogens with one attached hydrogen (secondary N) is 1. The fraction of sp³-hybridized carbons (Fsp3) is 0.231. The van der Waals surface area contributed by atoms with Gasteiger partial charge in [-0.3, -0.25) is 4.98 Å². The summed E-state index contributed by atoms with van der Waals surface area (Å²) < 4.78 is 28.3. The monoisotopic (exact) mass is 309 g/mol. The van der Waals surface area contributed by atoms with Crippen LogP contribution in [0.25, 0.3) is 0 Å². The Morgan fingerprint density at radius 3 is 2.71 bits per heavy atom. The minimum absolute atomic E-state index is 0.0851. The van der Waals surface area contributed by atoms with Crippen molar-refractivity contribution in [3.05, 3.63) is 48.0 Å². The van der Waals surface area contributed by atoms with E-state index in [1.54, 1.807) is 31.5 Å². The SMILES string of the molecule is C[C@@H](NS(=O)(=O)c1cc(C(=O)O)n(C)c1)c1cccnc1. The zero-order valence-corrected chi connectivity index (χ0v) is 12.3. The summed E-state index contributed by atoms with van der Waals surface area (Å²) in [5, 5.41) is 8.96. The zero-order chi connectivity index (χ0) is 15.6. The van der Waals surface area contributed by atoms with Crippen molar-refractivity contribution in [1.82, 2.24) is 14.3 Å². The molecule has 2 rings (SSSR count). The van der Waals surface area contributed by atoms with E-state index in [2.05, 4.69) is 9.71 Å². The molecule has 0 unspecified atom stereocenters. The summed E-state index contributed by atoms with van der Waals surface area (Å²) in [4.78, 5) is 14.8. The highest BCUT2D eigenvalue weighted by Crippen LogP contribution is 2.18. The molecule has 0 amide bonds. The molecule has 0 fully saturated rings. The first-order valence-corrected chi connectivity index (χ1v) is 7.61. The summed E-state index contributed by atoms with van der Waals surface area (Å²) in [5.41, 5.74) is 0.625. The molecule has 8 heteroatoms. The lowest BCUT2D eigenvalue weighted by molar-refractivity contribution is 0.0686. The Hall–Kier alpha value is -2.19. The van der Waals surface area contributed by atoms with Crippen LogP contribution in [0.3, 0.4) is 0 Å². The van der Waals surface area contributed by atoms with Gasteiger partial charge < -0.3 is 9.67 Å². The number of hydrogen-bond acceptors (Lipinski definition) is 4. The summed E-state index contributed by atoms with van der Waals surface area (Å²) in [6.07, 6.45) is 4.43. The lowest BCUT2D eigenvalue weighted by Crippen LogP contribution is -2.26. The smallest absolute Gasteiger partial charge is 0.352 e. The lowest BCUT2D eigenvalue weighted by Gasteiger charge is -2.13. The fourth-order valence-electron chi connectivity index (χ4n) is 1.89. The molecule has 0 radical (unpaired) electrons. The van der Waals surface area contributed by atoms with Crippen LogP contribution in [0.4, 0.5) is 0 Å². The summed E-state index contributed by atoms with van der Waals surface area (Å²) in [7, 11) is -2.33. The number of hydrogen-bond donors (Lipinski definition) is 2. The van der Waals surface area contributed by atoms with Crippen LogP contribution in [0.2, 0.25) is 0 Å². The maximum atomic E-state index is 12.3. The molecular formula is C13H15N3O4S. The van der Waals surface area contributed by atoms with Crippen LogP contribution in [0.15, 0.2) is 41.7 Å². The van der Waals surface area contributed by atoms with Crippen molar-refractivity contribution < 1.29 is 18.3 Å². The number of aromatic nitrogens is 2. The van der Waals surface area contributed by atoms with Crippen LogP contribution < -0.4 is 4.72 Å².